The van der Waals surface area contributed by atoms with Crippen molar-refractivity contribution < 1.29 is 9.18 Å². The van der Waals surface area contributed by atoms with Crippen LogP contribution in [-0.2, 0) is 0 Å². The molecule has 4 aromatic rings. The molecule has 3 heterocycles. The molecule has 0 aliphatic rings. The van der Waals surface area contributed by atoms with E-state index in [1.54, 1.807) is 12.3 Å². The molecule has 170 valence electrons. The number of fused-ring (bicyclic) bond motifs is 1. The van der Waals surface area contributed by atoms with Crippen molar-refractivity contribution in [2.45, 2.75) is 19.8 Å². The molecular weight excluding hydrogens is 439 g/mol. The molecule has 4 rings (SSSR count). The van der Waals surface area contributed by atoms with Gasteiger partial charge in [-0.25, -0.2) is 14.4 Å². The lowest BCUT2D eigenvalue weighted by molar-refractivity contribution is 0.0964. The first kappa shape index (κ1) is 24.1. The average Bonchev–Trinajstić information content (AvgIpc) is 2.82. The number of amides is 1. The van der Waals surface area contributed by atoms with Crippen LogP contribution in [0.15, 0.2) is 55.1 Å². The minimum Gasteiger partial charge on any atom is -0.369 e. The van der Waals surface area contributed by atoms with Gasteiger partial charge in [0.2, 0.25) is 0 Å². The number of carbonyl (C=O) groups excluding carboxylic acids is 1. The van der Waals surface area contributed by atoms with Gasteiger partial charge in [0, 0.05) is 54.6 Å². The Morgan fingerprint density at radius 1 is 1.09 bits per heavy atom. The molecule has 0 fully saturated rings. The van der Waals surface area contributed by atoms with E-state index in [1.807, 2.05) is 32.0 Å². The van der Waals surface area contributed by atoms with Gasteiger partial charge in [-0.1, -0.05) is 13.0 Å². The van der Waals surface area contributed by atoms with Crippen molar-refractivity contribution in [2.75, 3.05) is 18.9 Å². The molecule has 3 aromatic heterocycles. The minimum absolute atomic E-state index is 0. The fraction of sp³-hybridized carbons (Fsp3) is 0.208. The third-order valence-corrected chi connectivity index (χ3v) is 5.34. The molecule has 1 amide bonds. The quantitative estimate of drug-likeness (QED) is 0.444. The van der Waals surface area contributed by atoms with Gasteiger partial charge in [-0.15, -0.1) is 0 Å². The van der Waals surface area contributed by atoms with Crippen LogP contribution in [0.5, 0.6) is 0 Å². The van der Waals surface area contributed by atoms with Crippen LogP contribution in [0.3, 0.4) is 0 Å². The first-order valence-corrected chi connectivity index (χ1v) is 10.3. The molecule has 0 saturated carbocycles. The summed E-state index contributed by atoms with van der Waals surface area (Å²) >= 11 is 0. The van der Waals surface area contributed by atoms with E-state index in [0.717, 1.165) is 22.5 Å². The van der Waals surface area contributed by atoms with Crippen LogP contribution >= 0.6 is 13.5 Å². The second-order valence-electron chi connectivity index (χ2n) is 7.56. The smallest absolute Gasteiger partial charge is 0.251 e. The summed E-state index contributed by atoms with van der Waals surface area (Å²) in [5, 5.41) is 6.10. The number of pyridine rings is 2. The molecule has 9 heteroatoms. The largest absolute Gasteiger partial charge is 0.369 e. The maximum absolute atomic E-state index is 14.6. The summed E-state index contributed by atoms with van der Waals surface area (Å²) < 4.78 is 14.6. The number of anilines is 1. The van der Waals surface area contributed by atoms with Gasteiger partial charge < -0.3 is 10.6 Å². The summed E-state index contributed by atoms with van der Waals surface area (Å²) in [5.74, 6) is -0.168. The summed E-state index contributed by atoms with van der Waals surface area (Å²) in [6, 6.07) is 10.4. The maximum atomic E-state index is 14.6. The minimum atomic E-state index is -0.470. The lowest BCUT2D eigenvalue weighted by Crippen LogP contribution is -2.19. The Bertz CT molecular complexity index is 1280. The number of hydrogen-bond donors (Lipinski definition) is 2. The van der Waals surface area contributed by atoms with Crippen molar-refractivity contribution in [3.8, 4) is 11.3 Å². The Balaban J connectivity index is 0.00000306. The van der Waals surface area contributed by atoms with E-state index in [-0.39, 0.29) is 36.3 Å². The summed E-state index contributed by atoms with van der Waals surface area (Å²) in [6.45, 7) is 4.49. The molecule has 1 atom stereocenters. The predicted octanol–water partition coefficient (Wildman–Crippen LogP) is 4.22. The highest BCUT2D eigenvalue weighted by Gasteiger charge is 2.18. The zero-order valence-corrected chi connectivity index (χ0v) is 19.6. The topological polar surface area (TPSA) is 92.7 Å². The van der Waals surface area contributed by atoms with E-state index in [2.05, 4.69) is 30.6 Å². The van der Waals surface area contributed by atoms with Crippen molar-refractivity contribution in [3.05, 3.63) is 77.8 Å². The van der Waals surface area contributed by atoms with Crippen molar-refractivity contribution in [3.63, 3.8) is 0 Å². The van der Waals surface area contributed by atoms with E-state index in [0.29, 0.717) is 17.9 Å². The van der Waals surface area contributed by atoms with Gasteiger partial charge in [-0.2, -0.15) is 13.5 Å². The summed E-state index contributed by atoms with van der Waals surface area (Å²) in [4.78, 5) is 29.5. The van der Waals surface area contributed by atoms with Crippen LogP contribution in [0.1, 0.15) is 34.5 Å². The Morgan fingerprint density at radius 2 is 1.91 bits per heavy atom. The third kappa shape index (κ3) is 5.09. The SMILES string of the molecule is CNC(=O)c1ccnc2c([C@H](C)CNc3cc(-c4ccc(C)nc4)ncn3)ccc(F)c12.S. The molecule has 0 bridgehead atoms. The van der Waals surface area contributed by atoms with Gasteiger partial charge in [0.05, 0.1) is 16.8 Å². The van der Waals surface area contributed by atoms with Crippen LogP contribution in [-0.4, -0.2) is 39.4 Å². The maximum Gasteiger partial charge on any atom is 0.251 e. The monoisotopic (exact) mass is 464 g/mol. The first-order valence-electron chi connectivity index (χ1n) is 10.3. The molecule has 1 aromatic carbocycles. The van der Waals surface area contributed by atoms with Crippen LogP contribution in [0.2, 0.25) is 0 Å². The lowest BCUT2D eigenvalue weighted by atomic mass is 9.95. The zero-order valence-electron chi connectivity index (χ0n) is 18.6. The summed E-state index contributed by atoms with van der Waals surface area (Å²) in [5.41, 5.74) is 4.21. The molecule has 0 aliphatic heterocycles. The Hall–Kier alpha value is -3.59. The molecule has 0 spiro atoms. The molecule has 33 heavy (non-hydrogen) atoms. The van der Waals surface area contributed by atoms with Crippen LogP contribution in [0.25, 0.3) is 22.2 Å². The van der Waals surface area contributed by atoms with Crippen molar-refractivity contribution in [1.82, 2.24) is 25.3 Å². The van der Waals surface area contributed by atoms with Gasteiger partial charge in [0.25, 0.3) is 5.91 Å². The molecule has 0 unspecified atom stereocenters. The fourth-order valence-electron chi connectivity index (χ4n) is 3.57. The van der Waals surface area contributed by atoms with Crippen LogP contribution < -0.4 is 10.6 Å². The highest BCUT2D eigenvalue weighted by atomic mass is 32.1. The van der Waals surface area contributed by atoms with Gasteiger partial charge in [-0.3, -0.25) is 14.8 Å². The van der Waals surface area contributed by atoms with Crippen LogP contribution in [0.4, 0.5) is 10.2 Å². The standard InChI is InChI=1S/C24H23FN6O.H2S/c1-14(11-29-21-10-20(30-13-31-21)16-5-4-15(2)28-12-16)17-6-7-19(25)22-18(24(32)26-3)8-9-27-23(17)22;/h4-10,12-14H,11H2,1-3H3,(H,26,32)(H,29,30,31);1H2/t14-;/m1./s1. The number of carbonyl (C=O) groups is 1. The number of nitrogens with one attached hydrogen (secondary N) is 2. The van der Waals surface area contributed by atoms with Gasteiger partial charge in [0.15, 0.2) is 0 Å². The van der Waals surface area contributed by atoms with E-state index in [4.69, 9.17) is 0 Å². The number of rotatable bonds is 6. The van der Waals surface area contributed by atoms with Gasteiger partial charge >= 0.3 is 0 Å². The summed E-state index contributed by atoms with van der Waals surface area (Å²) in [7, 11) is 1.52. The number of hydrogen-bond acceptors (Lipinski definition) is 6. The van der Waals surface area contributed by atoms with Gasteiger partial charge in [-0.05, 0) is 36.8 Å². The molecule has 2 N–H and O–H groups in total. The Labute approximate surface area is 198 Å². The van der Waals surface area contributed by atoms with Crippen molar-refractivity contribution in [1.29, 1.82) is 0 Å². The highest BCUT2D eigenvalue weighted by molar-refractivity contribution is 7.59. The molecule has 0 aliphatic carbocycles. The average molecular weight is 465 g/mol. The number of nitrogens with zero attached hydrogens (tertiary/aromatic N) is 4. The number of benzene rings is 1. The number of aryl methyl sites for hydroxylation is 1. The molecule has 0 radical (unpaired) electrons. The van der Waals surface area contributed by atoms with E-state index < -0.39 is 5.82 Å². The molecule has 0 saturated heterocycles. The third-order valence-electron chi connectivity index (χ3n) is 5.34. The van der Waals surface area contributed by atoms with Crippen molar-refractivity contribution >= 4 is 36.1 Å². The van der Waals surface area contributed by atoms with Crippen molar-refractivity contribution in [2.24, 2.45) is 0 Å². The second kappa shape index (κ2) is 10.4. The predicted molar refractivity (Wildman–Crippen MR) is 132 cm³/mol. The molecular formula is C24H25FN6OS. The highest BCUT2D eigenvalue weighted by Crippen LogP contribution is 2.29. The van der Waals surface area contributed by atoms with Crippen LogP contribution in [0, 0.1) is 12.7 Å². The zero-order chi connectivity index (χ0) is 22.7. The van der Waals surface area contributed by atoms with Gasteiger partial charge in [0.1, 0.15) is 18.0 Å². The normalized spacial score (nSPS) is 11.5. The first-order chi connectivity index (χ1) is 15.5. The lowest BCUT2D eigenvalue weighted by Gasteiger charge is -2.17. The van der Waals surface area contributed by atoms with E-state index in [1.165, 1.54) is 31.7 Å². The number of halogens is 1. The fourth-order valence-corrected chi connectivity index (χ4v) is 3.57. The summed E-state index contributed by atoms with van der Waals surface area (Å²) in [6.07, 6.45) is 4.82. The Morgan fingerprint density at radius 3 is 2.64 bits per heavy atom. The molecule has 7 nitrogen and oxygen atoms in total. The number of aromatic nitrogens is 4. The Kier molecular flexibility index (Phi) is 7.55. The second-order valence-corrected chi connectivity index (χ2v) is 7.56. The van der Waals surface area contributed by atoms with E-state index in [9.17, 15) is 9.18 Å². The van der Waals surface area contributed by atoms with E-state index >= 15 is 0 Å².